The van der Waals surface area contributed by atoms with Gasteiger partial charge in [-0.25, -0.2) is 0 Å². The summed E-state index contributed by atoms with van der Waals surface area (Å²) < 4.78 is 5.93. The maximum Gasteiger partial charge on any atom is 0.306 e. The molecule has 0 saturated heterocycles. The lowest BCUT2D eigenvalue weighted by atomic mass is 10.0. The summed E-state index contributed by atoms with van der Waals surface area (Å²) in [5, 5.41) is 23.9. The summed E-state index contributed by atoms with van der Waals surface area (Å²) in [6.45, 7) is 6.36. The number of amides is 1. The summed E-state index contributed by atoms with van der Waals surface area (Å²) in [5.74, 6) is -0.544. The van der Waals surface area contributed by atoms with Gasteiger partial charge >= 0.3 is 5.97 Å². The highest BCUT2D eigenvalue weighted by atomic mass is 16.5. The monoisotopic (exact) mass is 932 g/mol. The molecule has 6 heteroatoms. The molecule has 0 fully saturated rings. The SMILES string of the molecule is CCC/C=C/C=C/C=C/C=C/C=C/CCCCCC(CC(=O)NC(CO)C(O)CCCCCCCCCCCCCCCCC)OC(=O)CCCCCC/C=C\C/C=C\C/C=C\CCCCC. The topological polar surface area (TPSA) is 95.9 Å². The number of unbranched alkanes of at least 4 members (excludes halogenated alkanes) is 25. The van der Waals surface area contributed by atoms with E-state index in [0.717, 1.165) is 96.3 Å². The van der Waals surface area contributed by atoms with Crippen LogP contribution in [-0.4, -0.2) is 46.9 Å². The van der Waals surface area contributed by atoms with Gasteiger partial charge in [-0.1, -0.05) is 253 Å². The Balaban J connectivity index is 4.71. The van der Waals surface area contributed by atoms with E-state index in [1.807, 2.05) is 36.5 Å². The minimum atomic E-state index is -0.810. The second-order valence-electron chi connectivity index (χ2n) is 18.8. The molecule has 0 spiro atoms. The van der Waals surface area contributed by atoms with Gasteiger partial charge in [0.15, 0.2) is 0 Å². The summed E-state index contributed by atoms with van der Waals surface area (Å²) in [4.78, 5) is 26.2. The third-order valence-corrected chi connectivity index (χ3v) is 12.2. The predicted molar refractivity (Wildman–Crippen MR) is 291 cm³/mol. The van der Waals surface area contributed by atoms with Crippen molar-refractivity contribution in [2.45, 2.75) is 270 Å². The molecular formula is C61H105NO5. The Bertz CT molecular complexity index is 1320. The molecule has 3 unspecified atom stereocenters. The molecule has 3 atom stereocenters. The van der Waals surface area contributed by atoms with Crippen molar-refractivity contribution in [1.82, 2.24) is 5.32 Å². The molecule has 0 aliphatic heterocycles. The number of hydrogen-bond acceptors (Lipinski definition) is 5. The van der Waals surface area contributed by atoms with E-state index in [4.69, 9.17) is 4.74 Å². The van der Waals surface area contributed by atoms with Gasteiger partial charge < -0.3 is 20.3 Å². The molecule has 0 aromatic heterocycles. The molecule has 0 aliphatic carbocycles. The summed E-state index contributed by atoms with van der Waals surface area (Å²) in [7, 11) is 0. The molecule has 0 heterocycles. The van der Waals surface area contributed by atoms with Crippen LogP contribution in [0.2, 0.25) is 0 Å². The van der Waals surface area contributed by atoms with E-state index in [9.17, 15) is 19.8 Å². The normalized spacial score (nSPS) is 13.9. The summed E-state index contributed by atoms with van der Waals surface area (Å²) in [6.07, 6.45) is 71.7. The molecule has 0 aliphatic rings. The fourth-order valence-corrected chi connectivity index (χ4v) is 8.00. The Hall–Kier alpha value is -3.22. The highest BCUT2D eigenvalue weighted by molar-refractivity contribution is 5.77. The third kappa shape index (κ3) is 49.0. The number of hydrogen-bond donors (Lipinski definition) is 3. The first kappa shape index (κ1) is 63.8. The van der Waals surface area contributed by atoms with Crippen LogP contribution in [0.1, 0.15) is 252 Å². The van der Waals surface area contributed by atoms with Crippen LogP contribution in [0.3, 0.4) is 0 Å². The van der Waals surface area contributed by atoms with Gasteiger partial charge in [0.25, 0.3) is 0 Å². The molecule has 6 nitrogen and oxygen atoms in total. The fraction of sp³-hybridized carbons (Fsp3) is 0.705. The highest BCUT2D eigenvalue weighted by Crippen LogP contribution is 2.17. The summed E-state index contributed by atoms with van der Waals surface area (Å²) >= 11 is 0. The van der Waals surface area contributed by atoms with Crippen LogP contribution in [0.25, 0.3) is 0 Å². The smallest absolute Gasteiger partial charge is 0.306 e. The van der Waals surface area contributed by atoms with Gasteiger partial charge in [0.2, 0.25) is 5.91 Å². The van der Waals surface area contributed by atoms with E-state index in [0.29, 0.717) is 19.3 Å². The number of carbonyl (C=O) groups excluding carboxylic acids is 2. The number of ether oxygens (including phenoxy) is 1. The average molecular weight is 933 g/mol. The van der Waals surface area contributed by atoms with Gasteiger partial charge in [0, 0.05) is 6.42 Å². The zero-order chi connectivity index (χ0) is 48.8. The Morgan fingerprint density at radius 1 is 0.448 bits per heavy atom. The van der Waals surface area contributed by atoms with Crippen molar-refractivity contribution in [3.63, 3.8) is 0 Å². The minimum absolute atomic E-state index is 0.0353. The Morgan fingerprint density at radius 3 is 1.39 bits per heavy atom. The van der Waals surface area contributed by atoms with Gasteiger partial charge in [-0.15, -0.1) is 0 Å². The van der Waals surface area contributed by atoms with Crippen LogP contribution in [0.5, 0.6) is 0 Å². The standard InChI is InChI=1S/C61H105NO5/c1-4-7-10-13-16-19-22-25-28-30-33-36-39-42-45-48-51-54-61(66)67-57(52-49-46-43-40-37-34-32-29-26-23-20-17-14-11-8-5-2)55-60(65)62-58(56-63)59(64)53-50-47-44-41-38-35-31-27-24-21-18-15-12-9-6-3/h11,14,16-17,19-20,23,25-26,28-29,32-34,36-37,57-59,63-64H,4-10,12-13,15,18,21-22,24,27,30-31,35,38-56H2,1-3H3,(H,62,65)/b14-11+,19-16-,20-17+,26-23+,28-25-,32-29+,36-33-,37-34+. The number of aliphatic hydroxyl groups excluding tert-OH is 2. The molecule has 0 radical (unpaired) electrons. The van der Waals surface area contributed by atoms with Crippen LogP contribution in [0, 0.1) is 0 Å². The maximum atomic E-state index is 13.3. The van der Waals surface area contributed by atoms with E-state index in [1.54, 1.807) is 0 Å². The van der Waals surface area contributed by atoms with Crippen molar-refractivity contribution in [1.29, 1.82) is 0 Å². The second-order valence-corrected chi connectivity index (χ2v) is 18.8. The number of esters is 1. The van der Waals surface area contributed by atoms with Crippen LogP contribution < -0.4 is 5.32 Å². The van der Waals surface area contributed by atoms with E-state index >= 15 is 0 Å². The molecule has 0 aromatic carbocycles. The van der Waals surface area contributed by atoms with Gasteiger partial charge in [-0.2, -0.15) is 0 Å². The molecule has 67 heavy (non-hydrogen) atoms. The quantitative estimate of drug-likeness (QED) is 0.0244. The summed E-state index contributed by atoms with van der Waals surface area (Å²) in [5.41, 5.74) is 0. The van der Waals surface area contributed by atoms with E-state index < -0.39 is 18.2 Å². The first-order chi connectivity index (χ1) is 33.0. The number of carbonyl (C=O) groups is 2. The van der Waals surface area contributed by atoms with Gasteiger partial charge in [0.05, 0.1) is 25.2 Å². The molecule has 3 N–H and O–H groups in total. The van der Waals surface area contributed by atoms with E-state index in [-0.39, 0.29) is 24.9 Å². The number of aliphatic hydroxyl groups is 2. The van der Waals surface area contributed by atoms with Gasteiger partial charge in [0.1, 0.15) is 6.10 Å². The zero-order valence-corrected chi connectivity index (χ0v) is 43.8. The van der Waals surface area contributed by atoms with Crippen LogP contribution in [-0.2, 0) is 14.3 Å². The number of rotatable bonds is 49. The number of allylic oxidation sites excluding steroid dienone is 16. The van der Waals surface area contributed by atoms with Crippen LogP contribution >= 0.6 is 0 Å². The largest absolute Gasteiger partial charge is 0.462 e. The Morgan fingerprint density at radius 2 is 0.851 bits per heavy atom. The van der Waals surface area contributed by atoms with E-state index in [2.05, 4.69) is 86.8 Å². The van der Waals surface area contributed by atoms with Gasteiger partial charge in [-0.05, 0) is 83.5 Å². The Labute approximate surface area is 414 Å². The molecule has 0 rings (SSSR count). The minimum Gasteiger partial charge on any atom is -0.462 e. The van der Waals surface area contributed by atoms with Crippen molar-refractivity contribution >= 4 is 11.9 Å². The van der Waals surface area contributed by atoms with Crippen LogP contribution in [0.15, 0.2) is 97.2 Å². The van der Waals surface area contributed by atoms with Crippen molar-refractivity contribution in [2.24, 2.45) is 0 Å². The maximum absolute atomic E-state index is 13.3. The molecule has 384 valence electrons. The molecule has 0 saturated carbocycles. The first-order valence-corrected chi connectivity index (χ1v) is 28.0. The zero-order valence-electron chi connectivity index (χ0n) is 43.8. The molecule has 0 bridgehead atoms. The van der Waals surface area contributed by atoms with Gasteiger partial charge in [-0.3, -0.25) is 9.59 Å². The lowest BCUT2D eigenvalue weighted by Gasteiger charge is -2.24. The third-order valence-electron chi connectivity index (χ3n) is 12.2. The molecule has 1 amide bonds. The molecule has 0 aromatic rings. The van der Waals surface area contributed by atoms with E-state index in [1.165, 1.54) is 109 Å². The van der Waals surface area contributed by atoms with Crippen molar-refractivity contribution < 1.29 is 24.5 Å². The second kappa shape index (κ2) is 53.7. The lowest BCUT2D eigenvalue weighted by Crippen LogP contribution is -2.46. The van der Waals surface area contributed by atoms with Crippen molar-refractivity contribution in [3.8, 4) is 0 Å². The summed E-state index contributed by atoms with van der Waals surface area (Å²) in [6, 6.07) is -0.727. The average Bonchev–Trinajstić information content (AvgIpc) is 3.32. The van der Waals surface area contributed by atoms with Crippen molar-refractivity contribution in [3.05, 3.63) is 97.2 Å². The lowest BCUT2D eigenvalue weighted by molar-refractivity contribution is -0.151. The molecular weight excluding hydrogens is 827 g/mol. The van der Waals surface area contributed by atoms with Crippen molar-refractivity contribution in [2.75, 3.05) is 6.61 Å². The Kier molecular flexibility index (Phi) is 51.1. The highest BCUT2D eigenvalue weighted by Gasteiger charge is 2.24. The first-order valence-electron chi connectivity index (χ1n) is 28.0. The van der Waals surface area contributed by atoms with Crippen LogP contribution in [0.4, 0.5) is 0 Å². The number of nitrogens with one attached hydrogen (secondary N) is 1. The predicted octanol–water partition coefficient (Wildman–Crippen LogP) is 17.3. The fourth-order valence-electron chi connectivity index (χ4n) is 8.00.